The van der Waals surface area contributed by atoms with Crippen molar-refractivity contribution in [2.75, 3.05) is 0 Å². The molecule has 0 radical (unpaired) electrons. The molecule has 0 aliphatic heterocycles. The second-order valence-electron chi connectivity index (χ2n) is 7.57. The van der Waals surface area contributed by atoms with Crippen LogP contribution in [0.1, 0.15) is 62.0 Å². The molecule has 0 saturated carbocycles. The molecule has 7 nitrogen and oxygen atoms in total. The first-order valence-electron chi connectivity index (χ1n) is 8.82. The summed E-state index contributed by atoms with van der Waals surface area (Å²) in [5.74, 6) is -1.56. The molecule has 148 valence electrons. The van der Waals surface area contributed by atoms with Crippen LogP contribution in [-0.2, 0) is 14.3 Å². The number of aryl methyl sites for hydroxylation is 2. The third-order valence-electron chi connectivity index (χ3n) is 3.65. The zero-order valence-corrected chi connectivity index (χ0v) is 16.8. The van der Waals surface area contributed by atoms with Gasteiger partial charge in [0.15, 0.2) is 11.9 Å². The van der Waals surface area contributed by atoms with E-state index in [0.29, 0.717) is 5.56 Å². The van der Waals surface area contributed by atoms with Gasteiger partial charge in [0.2, 0.25) is 0 Å². The minimum absolute atomic E-state index is 0.0119. The number of ketones is 1. The van der Waals surface area contributed by atoms with E-state index < -0.39 is 29.6 Å². The van der Waals surface area contributed by atoms with Crippen LogP contribution in [0, 0.1) is 13.8 Å². The van der Waals surface area contributed by atoms with Gasteiger partial charge in [-0.15, -0.1) is 0 Å². The molecule has 1 atom stereocenters. The number of ether oxygens (including phenoxy) is 1. The summed E-state index contributed by atoms with van der Waals surface area (Å²) in [6.07, 6.45) is -1.29. The van der Waals surface area contributed by atoms with E-state index in [9.17, 15) is 19.2 Å². The lowest BCUT2D eigenvalue weighted by Gasteiger charge is -2.21. The van der Waals surface area contributed by atoms with Gasteiger partial charge in [-0.3, -0.25) is 19.7 Å². The monoisotopic (exact) mass is 376 g/mol. The molecular formula is C20H28N2O5. The molecule has 7 heteroatoms. The highest BCUT2D eigenvalue weighted by atomic mass is 16.5. The topological polar surface area (TPSA) is 102 Å². The zero-order valence-electron chi connectivity index (χ0n) is 16.8. The Balaban J connectivity index is 2.49. The molecule has 27 heavy (non-hydrogen) atoms. The summed E-state index contributed by atoms with van der Waals surface area (Å²) < 4.78 is 5.00. The molecule has 1 aromatic rings. The predicted molar refractivity (Wildman–Crippen MR) is 101 cm³/mol. The van der Waals surface area contributed by atoms with Crippen LogP contribution in [0.2, 0.25) is 0 Å². The van der Waals surface area contributed by atoms with Crippen molar-refractivity contribution < 1.29 is 23.9 Å². The van der Waals surface area contributed by atoms with E-state index in [-0.39, 0.29) is 18.6 Å². The van der Waals surface area contributed by atoms with E-state index in [1.165, 1.54) is 6.92 Å². The van der Waals surface area contributed by atoms with Crippen molar-refractivity contribution in [2.24, 2.45) is 0 Å². The number of rotatable bonds is 6. The Labute approximate surface area is 159 Å². The number of nitrogens with one attached hydrogen (secondary N) is 2. The second-order valence-corrected chi connectivity index (χ2v) is 7.57. The van der Waals surface area contributed by atoms with Crippen molar-refractivity contribution in [2.45, 2.75) is 66.0 Å². The molecule has 0 fully saturated rings. The van der Waals surface area contributed by atoms with E-state index in [4.69, 9.17) is 4.74 Å². The van der Waals surface area contributed by atoms with E-state index in [0.717, 1.165) is 11.1 Å². The lowest BCUT2D eigenvalue weighted by molar-refractivity contribution is -0.154. The van der Waals surface area contributed by atoms with Gasteiger partial charge in [0.1, 0.15) is 0 Å². The molecule has 3 amide bonds. The van der Waals surface area contributed by atoms with Crippen molar-refractivity contribution in [3.63, 3.8) is 0 Å². The third-order valence-corrected chi connectivity index (χ3v) is 3.65. The van der Waals surface area contributed by atoms with Gasteiger partial charge in [-0.2, -0.15) is 0 Å². The fourth-order valence-corrected chi connectivity index (χ4v) is 2.28. The largest absolute Gasteiger partial charge is 0.453 e. The number of benzene rings is 1. The normalized spacial score (nSPS) is 12.1. The van der Waals surface area contributed by atoms with Gasteiger partial charge in [0.05, 0.1) is 6.42 Å². The number of Topliss-reactive ketones (excluding diaryl/α,β-unsaturated/α-hetero) is 1. The Hall–Kier alpha value is -2.70. The number of carbonyl (C=O) groups excluding carboxylic acids is 4. The van der Waals surface area contributed by atoms with Gasteiger partial charge in [-0.05, 0) is 53.2 Å². The third kappa shape index (κ3) is 8.02. The number of hydrogen-bond acceptors (Lipinski definition) is 5. The highest BCUT2D eigenvalue weighted by molar-refractivity contribution is 5.99. The first-order chi connectivity index (χ1) is 12.4. The highest BCUT2D eigenvalue weighted by Crippen LogP contribution is 2.14. The first kappa shape index (κ1) is 22.3. The summed E-state index contributed by atoms with van der Waals surface area (Å²) in [7, 11) is 0. The summed E-state index contributed by atoms with van der Waals surface area (Å²) >= 11 is 0. The van der Waals surface area contributed by atoms with Crippen LogP contribution in [-0.4, -0.2) is 35.3 Å². The fraction of sp³-hybridized carbons (Fsp3) is 0.500. The van der Waals surface area contributed by atoms with Crippen molar-refractivity contribution >= 4 is 23.7 Å². The quantitative estimate of drug-likeness (QED) is 0.587. The Morgan fingerprint density at radius 1 is 1.07 bits per heavy atom. The van der Waals surface area contributed by atoms with Gasteiger partial charge < -0.3 is 10.1 Å². The average molecular weight is 376 g/mol. The zero-order chi connectivity index (χ0) is 20.8. The summed E-state index contributed by atoms with van der Waals surface area (Å²) in [5, 5.41) is 4.68. The maximum Gasteiger partial charge on any atom is 0.321 e. The molecule has 0 aliphatic carbocycles. The Kier molecular flexibility index (Phi) is 7.69. The smallest absolute Gasteiger partial charge is 0.321 e. The number of urea groups is 1. The van der Waals surface area contributed by atoms with E-state index in [1.54, 1.807) is 26.8 Å². The number of carbonyl (C=O) groups is 4. The summed E-state index contributed by atoms with van der Waals surface area (Å²) in [5.41, 5.74) is 1.88. The molecule has 1 aromatic carbocycles. The standard InChI is InChI=1S/C20H28N2O5/c1-12-7-8-13(2)15(11-12)16(23)9-10-17(24)27-14(3)18(25)21-19(26)22-20(4,5)6/h7-8,11,14H,9-10H2,1-6H3,(H2,21,22,25,26)/t14-/m1/s1. The SMILES string of the molecule is Cc1ccc(C)c(C(=O)CCC(=O)O[C@H](C)C(=O)NC(=O)NC(C)(C)C)c1. The van der Waals surface area contributed by atoms with Crippen LogP contribution in [0.15, 0.2) is 18.2 Å². The molecule has 0 saturated heterocycles. The molecule has 0 aromatic heterocycles. The molecule has 0 bridgehead atoms. The molecule has 0 spiro atoms. The van der Waals surface area contributed by atoms with Crippen LogP contribution in [0.4, 0.5) is 4.79 Å². The molecule has 2 N–H and O–H groups in total. The predicted octanol–water partition coefficient (Wildman–Crippen LogP) is 2.82. The molecule has 0 aliphatic rings. The van der Waals surface area contributed by atoms with Crippen molar-refractivity contribution in [3.05, 3.63) is 34.9 Å². The van der Waals surface area contributed by atoms with Crippen LogP contribution in [0.25, 0.3) is 0 Å². The van der Waals surface area contributed by atoms with Gasteiger partial charge in [-0.1, -0.05) is 17.7 Å². The van der Waals surface area contributed by atoms with Gasteiger partial charge >= 0.3 is 12.0 Å². The summed E-state index contributed by atoms with van der Waals surface area (Å²) in [6, 6.07) is 4.89. The number of amides is 3. The molecule has 1 rings (SSSR count). The van der Waals surface area contributed by atoms with Gasteiger partial charge in [0.25, 0.3) is 5.91 Å². The van der Waals surface area contributed by atoms with E-state index >= 15 is 0 Å². The van der Waals surface area contributed by atoms with Crippen LogP contribution in [0.5, 0.6) is 0 Å². The Morgan fingerprint density at radius 2 is 1.70 bits per heavy atom. The first-order valence-corrected chi connectivity index (χ1v) is 8.82. The lowest BCUT2D eigenvalue weighted by atomic mass is 9.99. The fourth-order valence-electron chi connectivity index (χ4n) is 2.28. The van der Waals surface area contributed by atoms with Crippen LogP contribution >= 0.6 is 0 Å². The maximum atomic E-state index is 12.3. The maximum absolute atomic E-state index is 12.3. The highest BCUT2D eigenvalue weighted by Gasteiger charge is 2.22. The van der Waals surface area contributed by atoms with Crippen LogP contribution in [0.3, 0.4) is 0 Å². The summed E-state index contributed by atoms with van der Waals surface area (Å²) in [4.78, 5) is 47.7. The van der Waals surface area contributed by atoms with Crippen LogP contribution < -0.4 is 10.6 Å². The minimum atomic E-state index is -1.14. The van der Waals surface area contributed by atoms with Gasteiger partial charge in [0, 0.05) is 17.5 Å². The average Bonchev–Trinajstić information content (AvgIpc) is 2.52. The van der Waals surface area contributed by atoms with Crippen molar-refractivity contribution in [1.29, 1.82) is 0 Å². The van der Waals surface area contributed by atoms with Crippen molar-refractivity contribution in [3.8, 4) is 0 Å². The lowest BCUT2D eigenvalue weighted by Crippen LogP contribution is -2.50. The molecule has 0 unspecified atom stereocenters. The number of hydrogen-bond donors (Lipinski definition) is 2. The Morgan fingerprint density at radius 3 is 2.30 bits per heavy atom. The number of imide groups is 1. The molecule has 0 heterocycles. The van der Waals surface area contributed by atoms with E-state index in [2.05, 4.69) is 10.6 Å². The summed E-state index contributed by atoms with van der Waals surface area (Å²) in [6.45, 7) is 10.4. The second kappa shape index (κ2) is 9.30. The van der Waals surface area contributed by atoms with E-state index in [1.807, 2.05) is 26.0 Å². The minimum Gasteiger partial charge on any atom is -0.453 e. The molecular weight excluding hydrogens is 348 g/mol. The van der Waals surface area contributed by atoms with Crippen molar-refractivity contribution in [1.82, 2.24) is 10.6 Å². The van der Waals surface area contributed by atoms with Gasteiger partial charge in [-0.25, -0.2) is 4.79 Å². The Bertz CT molecular complexity index is 734. The number of esters is 1.